The number of aliphatic hydroxyl groups is 3. The highest BCUT2D eigenvalue weighted by molar-refractivity contribution is 5.88. The quantitative estimate of drug-likeness (QED) is 0.226. The van der Waals surface area contributed by atoms with Gasteiger partial charge in [0.2, 0.25) is 11.8 Å². The van der Waals surface area contributed by atoms with Crippen LogP contribution in [-0.2, 0) is 14.4 Å². The number of carbonyl (C=O) groups is 3. The lowest BCUT2D eigenvalue weighted by molar-refractivity contribution is -0.157. The van der Waals surface area contributed by atoms with Crippen LogP contribution in [0.15, 0.2) is 0 Å². The van der Waals surface area contributed by atoms with Gasteiger partial charge in [-0.25, -0.2) is 4.79 Å². The molecule has 4 atom stereocenters. The molecule has 0 saturated heterocycles. The van der Waals surface area contributed by atoms with Gasteiger partial charge in [0, 0.05) is 13.6 Å². The number of aliphatic carboxylic acids is 1. The summed E-state index contributed by atoms with van der Waals surface area (Å²) in [6.45, 7) is -0.464. The van der Waals surface area contributed by atoms with E-state index in [4.69, 9.17) is 10.2 Å². The maximum atomic E-state index is 11.6. The molecule has 0 unspecified atom stereocenters. The first kappa shape index (κ1) is 19.2. The summed E-state index contributed by atoms with van der Waals surface area (Å²) in [4.78, 5) is 33.3. The minimum Gasteiger partial charge on any atom is -0.479 e. The number of likely N-dealkylation sites (N-methyl/N-ethyl adjacent to an activating group) is 2. The molecule has 0 rings (SSSR count). The van der Waals surface area contributed by atoms with Gasteiger partial charge in [-0.3, -0.25) is 9.59 Å². The Hall–Kier alpha value is -1.75. The van der Waals surface area contributed by atoms with Gasteiger partial charge < -0.3 is 36.4 Å². The van der Waals surface area contributed by atoms with E-state index >= 15 is 0 Å². The second-order valence-electron chi connectivity index (χ2n) is 4.30. The van der Waals surface area contributed by atoms with E-state index in [1.165, 1.54) is 14.1 Å². The predicted molar refractivity (Wildman–Crippen MR) is 70.2 cm³/mol. The third kappa shape index (κ3) is 6.49. The van der Waals surface area contributed by atoms with E-state index in [0.29, 0.717) is 0 Å². The molecule has 10 nitrogen and oxygen atoms in total. The van der Waals surface area contributed by atoms with E-state index in [1.807, 2.05) is 0 Å². The number of nitrogens with one attached hydrogen (secondary N) is 3. The number of carbonyl (C=O) groups excluding carboxylic acids is 2. The van der Waals surface area contributed by atoms with Crippen LogP contribution in [0.25, 0.3) is 0 Å². The number of carboxylic acid groups (broad SMARTS) is 1. The lowest BCUT2D eigenvalue weighted by atomic mass is 10.1. The molecule has 0 aliphatic rings. The number of hydrogen-bond acceptors (Lipinski definition) is 7. The van der Waals surface area contributed by atoms with Gasteiger partial charge in [-0.1, -0.05) is 0 Å². The Labute approximate surface area is 121 Å². The summed E-state index contributed by atoms with van der Waals surface area (Å²) in [7, 11) is 2.91. The fourth-order valence-corrected chi connectivity index (χ4v) is 1.45. The van der Waals surface area contributed by atoms with Gasteiger partial charge in [0.15, 0.2) is 6.10 Å². The summed E-state index contributed by atoms with van der Waals surface area (Å²) >= 11 is 0. The number of carboxylic acids is 1. The SMILES string of the molecule is CNC(=O)[C@H](CC(=O)NC[C@H](O)[C@@H](O)[C@@H](O)C(=O)O)NC. The summed E-state index contributed by atoms with van der Waals surface area (Å²) in [5.41, 5.74) is 0. The first-order chi connectivity index (χ1) is 9.74. The molecule has 0 saturated carbocycles. The topological polar surface area (TPSA) is 168 Å². The lowest BCUT2D eigenvalue weighted by Crippen LogP contribution is -2.49. The van der Waals surface area contributed by atoms with Crippen molar-refractivity contribution < 1.29 is 34.8 Å². The molecule has 122 valence electrons. The van der Waals surface area contributed by atoms with Gasteiger partial charge >= 0.3 is 5.97 Å². The molecule has 0 aliphatic carbocycles. The van der Waals surface area contributed by atoms with Gasteiger partial charge in [0.1, 0.15) is 12.2 Å². The first-order valence-corrected chi connectivity index (χ1v) is 6.17. The monoisotopic (exact) mass is 307 g/mol. The Morgan fingerprint density at radius 1 is 1.10 bits per heavy atom. The van der Waals surface area contributed by atoms with Crippen molar-refractivity contribution in [3.05, 3.63) is 0 Å². The highest BCUT2D eigenvalue weighted by Crippen LogP contribution is 2.00. The molecule has 0 fully saturated rings. The van der Waals surface area contributed by atoms with E-state index in [9.17, 15) is 24.6 Å². The highest BCUT2D eigenvalue weighted by atomic mass is 16.4. The summed E-state index contributed by atoms with van der Waals surface area (Å²) in [5.74, 6) is -2.67. The van der Waals surface area contributed by atoms with Crippen LogP contribution in [0.2, 0.25) is 0 Å². The van der Waals surface area contributed by atoms with Gasteiger partial charge in [-0.15, -0.1) is 0 Å². The Balaban J connectivity index is 4.29. The molecular formula is C11H21N3O7. The van der Waals surface area contributed by atoms with E-state index in [-0.39, 0.29) is 6.42 Å². The maximum Gasteiger partial charge on any atom is 0.335 e. The number of hydrogen-bond donors (Lipinski definition) is 7. The van der Waals surface area contributed by atoms with Crippen LogP contribution < -0.4 is 16.0 Å². The summed E-state index contributed by atoms with van der Waals surface area (Å²) < 4.78 is 0. The molecule has 0 heterocycles. The first-order valence-electron chi connectivity index (χ1n) is 6.17. The van der Waals surface area contributed by atoms with Crippen molar-refractivity contribution >= 4 is 17.8 Å². The molecule has 2 amide bonds. The molecule has 0 radical (unpaired) electrons. The van der Waals surface area contributed by atoms with E-state index in [1.54, 1.807) is 0 Å². The maximum absolute atomic E-state index is 11.6. The summed E-state index contributed by atoms with van der Waals surface area (Å²) in [5, 5.41) is 43.5. The fraction of sp³-hybridized carbons (Fsp3) is 0.727. The van der Waals surface area contributed by atoms with Crippen LogP contribution in [0.4, 0.5) is 0 Å². The Kier molecular flexibility index (Phi) is 8.47. The lowest BCUT2D eigenvalue weighted by Gasteiger charge is -2.21. The largest absolute Gasteiger partial charge is 0.479 e. The molecule has 0 aromatic rings. The average Bonchev–Trinajstić information content (AvgIpc) is 2.47. The molecule has 0 bridgehead atoms. The third-order valence-electron chi connectivity index (χ3n) is 2.78. The van der Waals surface area contributed by atoms with Crippen LogP contribution in [0, 0.1) is 0 Å². The fourth-order valence-electron chi connectivity index (χ4n) is 1.45. The standard InChI is InChI=1S/C11H21N3O7/c1-12-5(10(19)13-2)3-7(16)14-4-6(15)8(17)9(18)11(20)21/h5-6,8-9,12,15,17-18H,3-4H2,1-2H3,(H,13,19)(H,14,16)(H,20,21)/t5-,6-,8+,9+/m0/s1. The molecule has 0 aromatic heterocycles. The molecule has 7 N–H and O–H groups in total. The van der Waals surface area contributed by atoms with Crippen molar-refractivity contribution in [3.63, 3.8) is 0 Å². The van der Waals surface area contributed by atoms with Crippen molar-refractivity contribution in [1.82, 2.24) is 16.0 Å². The van der Waals surface area contributed by atoms with Crippen LogP contribution in [0.5, 0.6) is 0 Å². The van der Waals surface area contributed by atoms with Crippen LogP contribution >= 0.6 is 0 Å². The van der Waals surface area contributed by atoms with Gasteiger partial charge in [0.05, 0.1) is 12.5 Å². The van der Waals surface area contributed by atoms with Gasteiger partial charge in [-0.05, 0) is 7.05 Å². The summed E-state index contributed by atoms with van der Waals surface area (Å²) in [6, 6.07) is -0.762. The van der Waals surface area contributed by atoms with Crippen LogP contribution in [0.1, 0.15) is 6.42 Å². The predicted octanol–water partition coefficient (Wildman–Crippen LogP) is -4.01. The van der Waals surface area contributed by atoms with Gasteiger partial charge in [0.25, 0.3) is 0 Å². The number of rotatable bonds is 9. The number of aliphatic hydroxyl groups excluding tert-OH is 3. The van der Waals surface area contributed by atoms with Crippen LogP contribution in [0.3, 0.4) is 0 Å². The molecule has 0 spiro atoms. The van der Waals surface area contributed by atoms with Crippen LogP contribution in [-0.4, -0.2) is 83.2 Å². The van der Waals surface area contributed by atoms with Gasteiger partial charge in [-0.2, -0.15) is 0 Å². The van der Waals surface area contributed by atoms with Crippen molar-refractivity contribution in [2.75, 3.05) is 20.6 Å². The van der Waals surface area contributed by atoms with Crippen molar-refractivity contribution in [3.8, 4) is 0 Å². The van der Waals surface area contributed by atoms with E-state index in [0.717, 1.165) is 0 Å². The molecular weight excluding hydrogens is 286 g/mol. The molecule has 0 aromatic carbocycles. The van der Waals surface area contributed by atoms with E-state index < -0.39 is 48.7 Å². The van der Waals surface area contributed by atoms with Crippen molar-refractivity contribution in [2.45, 2.75) is 30.8 Å². The third-order valence-corrected chi connectivity index (χ3v) is 2.78. The smallest absolute Gasteiger partial charge is 0.335 e. The zero-order valence-electron chi connectivity index (χ0n) is 11.7. The second-order valence-corrected chi connectivity index (χ2v) is 4.30. The average molecular weight is 307 g/mol. The Morgan fingerprint density at radius 2 is 1.67 bits per heavy atom. The summed E-state index contributed by atoms with van der Waals surface area (Å²) in [6.07, 6.45) is -5.97. The van der Waals surface area contributed by atoms with E-state index in [2.05, 4.69) is 16.0 Å². The second kappa shape index (κ2) is 9.23. The minimum atomic E-state index is -2.16. The molecule has 0 aliphatic heterocycles. The highest BCUT2D eigenvalue weighted by Gasteiger charge is 2.30. The molecule has 10 heteroatoms. The Morgan fingerprint density at radius 3 is 2.10 bits per heavy atom. The zero-order chi connectivity index (χ0) is 16.6. The Bertz CT molecular complexity index is 377. The minimum absolute atomic E-state index is 0.208. The zero-order valence-corrected chi connectivity index (χ0v) is 11.7. The van der Waals surface area contributed by atoms with Crippen molar-refractivity contribution in [1.29, 1.82) is 0 Å². The molecule has 21 heavy (non-hydrogen) atoms. The number of amides is 2. The van der Waals surface area contributed by atoms with Crippen molar-refractivity contribution in [2.24, 2.45) is 0 Å². The normalized spacial score (nSPS) is 16.4.